The molecule has 1 saturated heterocycles. The smallest absolute Gasteiger partial charge is 1.00 e. The minimum absolute atomic E-state index is 0. The first-order valence-electron chi connectivity index (χ1n) is 5.67. The molecule has 2 atom stereocenters. The van der Waals surface area contributed by atoms with Crippen molar-refractivity contribution >= 4 is 10.1 Å². The zero-order chi connectivity index (χ0) is 12.9. The molecule has 4 N–H and O–H groups in total. The standard InChI is InChI=1S/C9H20N2O5S.Na.H/c12-7-1-2-8(13)9(17(14,15)16)11-5-3-10-4-6-11;;/h8-10,12-13H,1-7H2,(H,14,15,16);;/q;+1;-1. The van der Waals surface area contributed by atoms with E-state index in [0.29, 0.717) is 32.6 Å². The van der Waals surface area contributed by atoms with Gasteiger partial charge in [0.05, 0.1) is 6.10 Å². The molecule has 18 heavy (non-hydrogen) atoms. The molecule has 0 amide bonds. The number of aliphatic hydroxyl groups is 2. The molecule has 1 heterocycles. The molecule has 104 valence electrons. The van der Waals surface area contributed by atoms with Crippen LogP contribution in [0.15, 0.2) is 0 Å². The van der Waals surface area contributed by atoms with Gasteiger partial charge in [0.2, 0.25) is 0 Å². The Labute approximate surface area is 131 Å². The van der Waals surface area contributed by atoms with Crippen LogP contribution in [0.25, 0.3) is 0 Å². The van der Waals surface area contributed by atoms with E-state index in [1.807, 2.05) is 0 Å². The second-order valence-corrected chi connectivity index (χ2v) is 5.64. The molecule has 0 saturated carbocycles. The van der Waals surface area contributed by atoms with Crippen molar-refractivity contribution in [3.8, 4) is 0 Å². The number of hydrogen-bond acceptors (Lipinski definition) is 6. The third-order valence-electron chi connectivity index (χ3n) is 2.80. The fourth-order valence-corrected chi connectivity index (χ4v) is 3.13. The van der Waals surface area contributed by atoms with Crippen molar-refractivity contribution in [3.05, 3.63) is 0 Å². The summed E-state index contributed by atoms with van der Waals surface area (Å²) < 4.78 is 31.8. The van der Waals surface area contributed by atoms with Crippen molar-refractivity contribution in [1.82, 2.24) is 10.2 Å². The predicted molar refractivity (Wildman–Crippen MR) is 63.2 cm³/mol. The Hall–Kier alpha value is 0.750. The normalized spacial score (nSPS) is 21.1. The molecule has 1 rings (SSSR count). The van der Waals surface area contributed by atoms with Gasteiger partial charge in [-0.3, -0.25) is 9.45 Å². The average Bonchev–Trinajstić information content (AvgIpc) is 2.26. The molecule has 0 aromatic carbocycles. The maximum Gasteiger partial charge on any atom is 1.00 e. The van der Waals surface area contributed by atoms with Gasteiger partial charge in [0.15, 0.2) is 5.37 Å². The largest absolute Gasteiger partial charge is 1.00 e. The summed E-state index contributed by atoms with van der Waals surface area (Å²) in [5.74, 6) is 0. The van der Waals surface area contributed by atoms with Crippen LogP contribution in [0.1, 0.15) is 14.3 Å². The summed E-state index contributed by atoms with van der Waals surface area (Å²) in [5.41, 5.74) is 0. The Morgan fingerprint density at radius 3 is 2.33 bits per heavy atom. The van der Waals surface area contributed by atoms with Crippen LogP contribution < -0.4 is 34.9 Å². The van der Waals surface area contributed by atoms with E-state index in [9.17, 15) is 18.1 Å². The molecule has 0 aromatic rings. The first-order chi connectivity index (χ1) is 7.96. The molecule has 1 aliphatic heterocycles. The van der Waals surface area contributed by atoms with Crippen molar-refractivity contribution in [3.63, 3.8) is 0 Å². The zero-order valence-electron chi connectivity index (χ0n) is 11.6. The maximum atomic E-state index is 11.3. The van der Waals surface area contributed by atoms with Gasteiger partial charge in [0, 0.05) is 32.8 Å². The van der Waals surface area contributed by atoms with E-state index in [0.717, 1.165) is 0 Å². The summed E-state index contributed by atoms with van der Waals surface area (Å²) in [4.78, 5) is 1.55. The number of rotatable bonds is 6. The van der Waals surface area contributed by atoms with Crippen LogP contribution in [0.3, 0.4) is 0 Å². The quantitative estimate of drug-likeness (QED) is 0.288. The molecule has 2 unspecified atom stereocenters. The number of hydrogen-bond donors (Lipinski definition) is 4. The van der Waals surface area contributed by atoms with Gasteiger partial charge in [0.1, 0.15) is 0 Å². The Morgan fingerprint density at radius 2 is 1.89 bits per heavy atom. The minimum atomic E-state index is -4.33. The van der Waals surface area contributed by atoms with Gasteiger partial charge in [0.25, 0.3) is 10.1 Å². The molecular formula is C9H21N2NaO5S. The molecule has 7 nitrogen and oxygen atoms in total. The Balaban J connectivity index is 0. The molecule has 0 aliphatic carbocycles. The first kappa shape index (κ1) is 18.8. The summed E-state index contributed by atoms with van der Waals surface area (Å²) in [7, 11) is -4.33. The van der Waals surface area contributed by atoms with Crippen LogP contribution in [0, 0.1) is 0 Å². The number of nitrogens with one attached hydrogen (secondary N) is 1. The van der Waals surface area contributed by atoms with Crippen molar-refractivity contribution in [1.29, 1.82) is 0 Å². The third-order valence-corrected chi connectivity index (χ3v) is 4.03. The number of aliphatic hydroxyl groups excluding tert-OH is 2. The van der Waals surface area contributed by atoms with Gasteiger partial charge in [-0.15, -0.1) is 0 Å². The third kappa shape index (κ3) is 5.81. The SMILES string of the molecule is O=S(=O)(O)C(C(O)CCCO)N1CCNCC1.[H-].[Na+]. The summed E-state index contributed by atoms with van der Waals surface area (Å²) in [5, 5.41) is 20.2. The van der Waals surface area contributed by atoms with Crippen LogP contribution in [0.4, 0.5) is 0 Å². The van der Waals surface area contributed by atoms with E-state index in [4.69, 9.17) is 5.11 Å². The van der Waals surface area contributed by atoms with Gasteiger partial charge in [-0.1, -0.05) is 0 Å². The van der Waals surface area contributed by atoms with Crippen molar-refractivity contribution in [2.24, 2.45) is 0 Å². The van der Waals surface area contributed by atoms with Crippen molar-refractivity contribution in [2.75, 3.05) is 32.8 Å². The number of piperazine rings is 1. The fraction of sp³-hybridized carbons (Fsp3) is 1.00. The van der Waals surface area contributed by atoms with E-state index in [1.54, 1.807) is 4.90 Å². The van der Waals surface area contributed by atoms with Gasteiger partial charge >= 0.3 is 29.6 Å². The van der Waals surface area contributed by atoms with E-state index < -0.39 is 21.6 Å². The molecule has 1 aliphatic rings. The molecule has 1 fully saturated rings. The first-order valence-corrected chi connectivity index (χ1v) is 7.17. The topological polar surface area (TPSA) is 110 Å². The molecule has 0 spiro atoms. The van der Waals surface area contributed by atoms with Crippen molar-refractivity contribution in [2.45, 2.75) is 24.3 Å². The molecule has 0 aromatic heterocycles. The zero-order valence-corrected chi connectivity index (χ0v) is 13.4. The Kier molecular flexibility index (Phi) is 9.20. The summed E-state index contributed by atoms with van der Waals surface area (Å²) in [6.45, 7) is 2.05. The van der Waals surface area contributed by atoms with E-state index in [1.165, 1.54) is 0 Å². The molecule has 9 heteroatoms. The fourth-order valence-electron chi connectivity index (χ4n) is 2.01. The van der Waals surface area contributed by atoms with Crippen LogP contribution in [-0.2, 0) is 10.1 Å². The van der Waals surface area contributed by atoms with E-state index in [-0.39, 0.29) is 44.0 Å². The van der Waals surface area contributed by atoms with Crippen LogP contribution in [-0.4, -0.2) is 72.3 Å². The minimum Gasteiger partial charge on any atom is -1.00 e. The maximum absolute atomic E-state index is 11.3. The van der Waals surface area contributed by atoms with Crippen LogP contribution >= 0.6 is 0 Å². The monoisotopic (exact) mass is 292 g/mol. The average molecular weight is 292 g/mol. The van der Waals surface area contributed by atoms with Crippen LogP contribution in [0.2, 0.25) is 0 Å². The van der Waals surface area contributed by atoms with E-state index >= 15 is 0 Å². The Morgan fingerprint density at radius 1 is 1.33 bits per heavy atom. The molecule has 0 bridgehead atoms. The van der Waals surface area contributed by atoms with Gasteiger partial charge in [-0.25, -0.2) is 0 Å². The van der Waals surface area contributed by atoms with Crippen molar-refractivity contribution < 1.29 is 54.2 Å². The second kappa shape index (κ2) is 8.83. The van der Waals surface area contributed by atoms with Gasteiger partial charge in [-0.05, 0) is 12.8 Å². The van der Waals surface area contributed by atoms with E-state index in [2.05, 4.69) is 5.32 Å². The predicted octanol–water partition coefficient (Wildman–Crippen LogP) is -4.64. The molecule has 0 radical (unpaired) electrons. The summed E-state index contributed by atoms with van der Waals surface area (Å²) in [6, 6.07) is 0. The summed E-state index contributed by atoms with van der Waals surface area (Å²) in [6.07, 6.45) is -0.736. The molecular weight excluding hydrogens is 271 g/mol. The summed E-state index contributed by atoms with van der Waals surface area (Å²) >= 11 is 0. The van der Waals surface area contributed by atoms with Gasteiger partial charge in [-0.2, -0.15) is 8.42 Å². The second-order valence-electron chi connectivity index (χ2n) is 4.12. The van der Waals surface area contributed by atoms with Crippen LogP contribution in [0.5, 0.6) is 0 Å². The Bertz CT molecular complexity index is 327. The van der Waals surface area contributed by atoms with Gasteiger partial charge < -0.3 is 17.0 Å². The number of nitrogens with zero attached hydrogens (tertiary/aromatic N) is 1.